The quantitative estimate of drug-likeness (QED) is 0.893. The number of fused-ring (bicyclic) bond motifs is 1. The van der Waals surface area contributed by atoms with Crippen LogP contribution in [-0.2, 0) is 11.0 Å². The van der Waals surface area contributed by atoms with Gasteiger partial charge in [-0.25, -0.2) is 4.98 Å². The molecule has 2 aromatic heterocycles. The number of carboxylic acid groups (broad SMARTS) is 1. The molecule has 1 atom stereocenters. The Bertz CT molecular complexity index is 699. The van der Waals surface area contributed by atoms with E-state index in [-0.39, 0.29) is 18.1 Å². The molecule has 1 aliphatic heterocycles. The van der Waals surface area contributed by atoms with Gasteiger partial charge in [-0.2, -0.15) is 27.8 Å². The van der Waals surface area contributed by atoms with Crippen molar-refractivity contribution < 1.29 is 23.1 Å². The van der Waals surface area contributed by atoms with Crippen LogP contribution in [0.25, 0.3) is 5.78 Å². The molecule has 0 aromatic carbocycles. The van der Waals surface area contributed by atoms with E-state index in [4.69, 9.17) is 5.11 Å². The fourth-order valence-corrected chi connectivity index (χ4v) is 2.34. The molecular formula is C11H10F3N5O2. The number of nitrogens with zero attached hydrogens (tertiary/aromatic N) is 5. The van der Waals surface area contributed by atoms with Crippen molar-refractivity contribution in [1.82, 2.24) is 19.6 Å². The van der Waals surface area contributed by atoms with E-state index in [9.17, 15) is 18.0 Å². The zero-order valence-electron chi connectivity index (χ0n) is 10.6. The minimum absolute atomic E-state index is 0.131. The SMILES string of the molecule is O=C(O)[C@H]1CCN(c2cc(C(F)(F)F)nc3ncnn23)C1. The Hall–Kier alpha value is -2.39. The first kappa shape index (κ1) is 13.6. The second kappa shape index (κ2) is 4.57. The third kappa shape index (κ3) is 2.36. The number of halogens is 3. The molecule has 0 aliphatic carbocycles. The highest BCUT2D eigenvalue weighted by molar-refractivity contribution is 5.72. The summed E-state index contributed by atoms with van der Waals surface area (Å²) in [4.78, 5) is 19.6. The number of aliphatic carboxylic acids is 1. The van der Waals surface area contributed by atoms with Crippen LogP contribution in [0.5, 0.6) is 0 Å². The van der Waals surface area contributed by atoms with E-state index in [0.717, 1.165) is 12.4 Å². The molecule has 21 heavy (non-hydrogen) atoms. The molecule has 112 valence electrons. The molecule has 0 amide bonds. The van der Waals surface area contributed by atoms with E-state index in [1.807, 2.05) is 0 Å². The van der Waals surface area contributed by atoms with Gasteiger partial charge >= 0.3 is 12.1 Å². The molecule has 0 spiro atoms. The van der Waals surface area contributed by atoms with E-state index in [1.165, 1.54) is 4.52 Å². The highest BCUT2D eigenvalue weighted by Crippen LogP contribution is 2.32. The molecule has 1 saturated heterocycles. The second-order valence-corrected chi connectivity index (χ2v) is 4.74. The minimum Gasteiger partial charge on any atom is -0.481 e. The third-order valence-electron chi connectivity index (χ3n) is 3.38. The summed E-state index contributed by atoms with van der Waals surface area (Å²) in [6.45, 7) is 0.471. The normalized spacial score (nSPS) is 19.4. The fraction of sp³-hybridized carbons (Fsp3) is 0.455. The summed E-state index contributed by atoms with van der Waals surface area (Å²) < 4.78 is 39.8. The summed E-state index contributed by atoms with van der Waals surface area (Å²) in [5.41, 5.74) is -1.07. The molecule has 0 radical (unpaired) electrons. The van der Waals surface area contributed by atoms with E-state index in [0.29, 0.717) is 13.0 Å². The van der Waals surface area contributed by atoms with Crippen molar-refractivity contribution >= 4 is 17.6 Å². The molecule has 0 bridgehead atoms. The standard InChI is InChI=1S/C11H10F3N5O2/c12-11(13,14)7-3-8(19-10(17-7)15-5-16-19)18-2-1-6(4-18)9(20)21/h3,5-6H,1-2,4H2,(H,20,21)/t6-/m0/s1. The lowest BCUT2D eigenvalue weighted by molar-refractivity contribution is -0.142. The maximum atomic E-state index is 12.9. The van der Waals surface area contributed by atoms with Crippen LogP contribution in [0.15, 0.2) is 12.4 Å². The molecule has 1 N–H and O–H groups in total. The van der Waals surface area contributed by atoms with Gasteiger partial charge in [-0.15, -0.1) is 0 Å². The molecule has 3 rings (SSSR count). The summed E-state index contributed by atoms with van der Waals surface area (Å²) in [6.07, 6.45) is -3.12. The summed E-state index contributed by atoms with van der Waals surface area (Å²) in [5.74, 6) is -1.59. The number of hydrogen-bond donors (Lipinski definition) is 1. The lowest BCUT2D eigenvalue weighted by Crippen LogP contribution is -2.26. The number of carbonyl (C=O) groups is 1. The van der Waals surface area contributed by atoms with Gasteiger partial charge in [0.15, 0.2) is 5.69 Å². The van der Waals surface area contributed by atoms with Gasteiger partial charge in [-0.3, -0.25) is 4.79 Å². The van der Waals surface area contributed by atoms with E-state index >= 15 is 0 Å². The average molecular weight is 301 g/mol. The molecule has 2 aromatic rings. The second-order valence-electron chi connectivity index (χ2n) is 4.74. The first-order valence-corrected chi connectivity index (χ1v) is 6.12. The van der Waals surface area contributed by atoms with Crippen molar-refractivity contribution in [2.75, 3.05) is 18.0 Å². The molecule has 0 unspecified atom stereocenters. The third-order valence-corrected chi connectivity index (χ3v) is 3.38. The van der Waals surface area contributed by atoms with Crippen molar-refractivity contribution in [2.24, 2.45) is 5.92 Å². The number of rotatable bonds is 2. The summed E-state index contributed by atoms with van der Waals surface area (Å²) in [7, 11) is 0. The van der Waals surface area contributed by atoms with Crippen LogP contribution in [0.1, 0.15) is 12.1 Å². The highest BCUT2D eigenvalue weighted by Gasteiger charge is 2.36. The Morgan fingerprint density at radius 3 is 2.81 bits per heavy atom. The topological polar surface area (TPSA) is 83.6 Å². The molecular weight excluding hydrogens is 291 g/mol. The van der Waals surface area contributed by atoms with Crippen LogP contribution in [0, 0.1) is 5.92 Å². The average Bonchev–Trinajstić information content (AvgIpc) is 3.05. The summed E-state index contributed by atoms with van der Waals surface area (Å²) >= 11 is 0. The number of alkyl halides is 3. The van der Waals surface area contributed by atoms with Crippen LogP contribution in [-0.4, -0.2) is 43.7 Å². The van der Waals surface area contributed by atoms with E-state index in [2.05, 4.69) is 15.1 Å². The Kier molecular flexibility index (Phi) is 2.96. The molecule has 10 heteroatoms. The number of aromatic nitrogens is 4. The lowest BCUT2D eigenvalue weighted by atomic mass is 10.1. The minimum atomic E-state index is -4.60. The predicted molar refractivity (Wildman–Crippen MR) is 63.7 cm³/mol. The van der Waals surface area contributed by atoms with Gasteiger partial charge in [0.25, 0.3) is 5.78 Å². The van der Waals surface area contributed by atoms with Crippen molar-refractivity contribution in [3.05, 3.63) is 18.1 Å². The maximum Gasteiger partial charge on any atom is 0.433 e. The van der Waals surface area contributed by atoms with Crippen molar-refractivity contribution in [2.45, 2.75) is 12.6 Å². The molecule has 1 aliphatic rings. The van der Waals surface area contributed by atoms with Crippen molar-refractivity contribution in [3.8, 4) is 0 Å². The Morgan fingerprint density at radius 1 is 1.43 bits per heavy atom. The highest BCUT2D eigenvalue weighted by atomic mass is 19.4. The monoisotopic (exact) mass is 301 g/mol. The molecule has 7 nitrogen and oxygen atoms in total. The van der Waals surface area contributed by atoms with Crippen LogP contribution in [0.3, 0.4) is 0 Å². The van der Waals surface area contributed by atoms with E-state index in [1.54, 1.807) is 4.90 Å². The zero-order valence-corrected chi connectivity index (χ0v) is 10.6. The van der Waals surface area contributed by atoms with Gasteiger partial charge in [-0.05, 0) is 6.42 Å². The maximum absolute atomic E-state index is 12.9. The van der Waals surface area contributed by atoms with Gasteiger partial charge in [-0.1, -0.05) is 0 Å². The van der Waals surface area contributed by atoms with Gasteiger partial charge in [0.1, 0.15) is 12.1 Å². The number of anilines is 1. The van der Waals surface area contributed by atoms with Crippen LogP contribution in [0.4, 0.5) is 19.0 Å². The summed E-state index contributed by atoms with van der Waals surface area (Å²) in [6, 6.07) is 0.867. The zero-order chi connectivity index (χ0) is 15.2. The van der Waals surface area contributed by atoms with E-state index < -0.39 is 23.8 Å². The fourth-order valence-electron chi connectivity index (χ4n) is 2.34. The predicted octanol–water partition coefficient (Wildman–Crippen LogP) is 1.05. The summed E-state index contributed by atoms with van der Waals surface area (Å²) in [5, 5.41) is 12.8. The smallest absolute Gasteiger partial charge is 0.433 e. The molecule has 1 fully saturated rings. The largest absolute Gasteiger partial charge is 0.481 e. The van der Waals surface area contributed by atoms with Crippen molar-refractivity contribution in [3.63, 3.8) is 0 Å². The van der Waals surface area contributed by atoms with Crippen LogP contribution in [0.2, 0.25) is 0 Å². The van der Waals surface area contributed by atoms with Crippen LogP contribution >= 0.6 is 0 Å². The van der Waals surface area contributed by atoms with Gasteiger partial charge in [0.05, 0.1) is 5.92 Å². The van der Waals surface area contributed by atoms with Gasteiger partial charge in [0, 0.05) is 19.2 Å². The Labute approximate surface area is 116 Å². The number of carboxylic acids is 1. The first-order chi connectivity index (χ1) is 9.86. The van der Waals surface area contributed by atoms with Crippen molar-refractivity contribution in [1.29, 1.82) is 0 Å². The van der Waals surface area contributed by atoms with Gasteiger partial charge in [0.2, 0.25) is 0 Å². The Morgan fingerprint density at radius 2 is 2.19 bits per heavy atom. The molecule has 3 heterocycles. The number of hydrogen-bond acceptors (Lipinski definition) is 5. The van der Waals surface area contributed by atoms with Crippen LogP contribution < -0.4 is 4.90 Å². The Balaban J connectivity index is 2.05. The van der Waals surface area contributed by atoms with Gasteiger partial charge < -0.3 is 10.0 Å². The lowest BCUT2D eigenvalue weighted by Gasteiger charge is -2.19. The molecule has 0 saturated carbocycles. The first-order valence-electron chi connectivity index (χ1n) is 6.12.